The first-order valence-corrected chi connectivity index (χ1v) is 10.3. The van der Waals surface area contributed by atoms with Gasteiger partial charge in [-0.05, 0) is 54.1 Å². The average molecular weight is 414 g/mol. The summed E-state index contributed by atoms with van der Waals surface area (Å²) in [6.45, 7) is 3.91. The van der Waals surface area contributed by atoms with E-state index in [4.69, 9.17) is 0 Å². The van der Waals surface area contributed by atoms with E-state index in [-0.39, 0.29) is 23.0 Å². The zero-order valence-corrected chi connectivity index (χ0v) is 18.0. The summed E-state index contributed by atoms with van der Waals surface area (Å²) in [6, 6.07) is 15.2. The Morgan fingerprint density at radius 1 is 1.00 bits per heavy atom. The number of anilines is 1. The summed E-state index contributed by atoms with van der Waals surface area (Å²) >= 11 is 1.12. The molecule has 2 rings (SSSR count). The van der Waals surface area contributed by atoms with Crippen molar-refractivity contribution < 1.29 is 14.4 Å². The SMILES string of the molecule is CCC(C)C(NC(=O)c1ccccc1)C(=O)Nc1ccc(SC(=O)N(C)C)cc1. The molecule has 2 unspecified atom stereocenters. The highest BCUT2D eigenvalue weighted by Crippen LogP contribution is 2.23. The first-order chi connectivity index (χ1) is 13.8. The summed E-state index contributed by atoms with van der Waals surface area (Å²) in [5.41, 5.74) is 1.12. The maximum Gasteiger partial charge on any atom is 0.285 e. The molecular weight excluding hydrogens is 386 g/mol. The third-order valence-electron chi connectivity index (χ3n) is 4.51. The molecule has 2 atom stereocenters. The van der Waals surface area contributed by atoms with E-state index in [1.54, 1.807) is 62.6 Å². The Morgan fingerprint density at radius 3 is 2.17 bits per heavy atom. The van der Waals surface area contributed by atoms with Crippen LogP contribution in [0.5, 0.6) is 0 Å². The largest absolute Gasteiger partial charge is 0.340 e. The Hall–Kier alpha value is -2.80. The molecule has 2 aromatic rings. The molecule has 154 valence electrons. The second-order valence-electron chi connectivity index (χ2n) is 6.98. The van der Waals surface area contributed by atoms with Crippen LogP contribution in [0.1, 0.15) is 30.6 Å². The minimum Gasteiger partial charge on any atom is -0.340 e. The summed E-state index contributed by atoms with van der Waals surface area (Å²) < 4.78 is 0. The maximum atomic E-state index is 12.8. The van der Waals surface area contributed by atoms with Crippen LogP contribution < -0.4 is 10.6 Å². The Balaban J connectivity index is 2.06. The molecule has 0 spiro atoms. The third-order valence-corrected chi connectivity index (χ3v) is 5.56. The molecule has 0 fully saturated rings. The number of benzene rings is 2. The van der Waals surface area contributed by atoms with Crippen molar-refractivity contribution in [3.8, 4) is 0 Å². The number of hydrogen-bond acceptors (Lipinski definition) is 4. The number of carbonyl (C=O) groups is 3. The molecule has 0 saturated heterocycles. The molecule has 0 aliphatic carbocycles. The maximum absolute atomic E-state index is 12.8. The van der Waals surface area contributed by atoms with Gasteiger partial charge < -0.3 is 15.5 Å². The zero-order chi connectivity index (χ0) is 21.4. The fraction of sp³-hybridized carbons (Fsp3) is 0.318. The van der Waals surface area contributed by atoms with Crippen LogP contribution in [0.2, 0.25) is 0 Å². The van der Waals surface area contributed by atoms with E-state index in [9.17, 15) is 14.4 Å². The van der Waals surface area contributed by atoms with Crippen LogP contribution in [-0.2, 0) is 4.79 Å². The average Bonchev–Trinajstić information content (AvgIpc) is 2.73. The number of rotatable bonds is 7. The second kappa shape index (κ2) is 10.7. The van der Waals surface area contributed by atoms with Gasteiger partial charge in [-0.2, -0.15) is 0 Å². The van der Waals surface area contributed by atoms with Crippen molar-refractivity contribution in [2.24, 2.45) is 5.92 Å². The first-order valence-electron chi connectivity index (χ1n) is 9.47. The molecule has 6 nitrogen and oxygen atoms in total. The lowest BCUT2D eigenvalue weighted by atomic mass is 9.97. The van der Waals surface area contributed by atoms with Gasteiger partial charge in [0.05, 0.1) is 0 Å². The molecule has 0 aromatic heterocycles. The van der Waals surface area contributed by atoms with Gasteiger partial charge in [-0.25, -0.2) is 0 Å². The van der Waals surface area contributed by atoms with Crippen LogP contribution in [-0.4, -0.2) is 42.1 Å². The van der Waals surface area contributed by atoms with Gasteiger partial charge in [-0.3, -0.25) is 14.4 Å². The fourth-order valence-electron chi connectivity index (χ4n) is 2.53. The van der Waals surface area contributed by atoms with Gasteiger partial charge in [0.1, 0.15) is 6.04 Å². The van der Waals surface area contributed by atoms with E-state index < -0.39 is 6.04 Å². The van der Waals surface area contributed by atoms with Crippen LogP contribution in [0.15, 0.2) is 59.5 Å². The summed E-state index contributed by atoms with van der Waals surface area (Å²) in [4.78, 5) is 39.4. The van der Waals surface area contributed by atoms with Gasteiger partial charge in [0.25, 0.3) is 11.1 Å². The fourth-order valence-corrected chi connectivity index (χ4v) is 3.19. The Morgan fingerprint density at radius 2 is 1.62 bits per heavy atom. The third kappa shape index (κ3) is 6.64. The van der Waals surface area contributed by atoms with Gasteiger partial charge >= 0.3 is 0 Å². The molecule has 0 radical (unpaired) electrons. The van der Waals surface area contributed by atoms with E-state index in [1.807, 2.05) is 19.9 Å². The summed E-state index contributed by atoms with van der Waals surface area (Å²) in [5.74, 6) is -0.580. The first kappa shape index (κ1) is 22.5. The van der Waals surface area contributed by atoms with Crippen molar-refractivity contribution in [1.82, 2.24) is 10.2 Å². The molecule has 0 heterocycles. The number of carbonyl (C=O) groups excluding carboxylic acids is 3. The molecular formula is C22H27N3O3S. The van der Waals surface area contributed by atoms with Crippen molar-refractivity contribution >= 4 is 34.5 Å². The lowest BCUT2D eigenvalue weighted by Gasteiger charge is -2.23. The number of nitrogens with zero attached hydrogens (tertiary/aromatic N) is 1. The van der Waals surface area contributed by atoms with Crippen LogP contribution in [0.3, 0.4) is 0 Å². The zero-order valence-electron chi connectivity index (χ0n) is 17.1. The molecule has 29 heavy (non-hydrogen) atoms. The van der Waals surface area contributed by atoms with E-state index in [0.29, 0.717) is 11.3 Å². The van der Waals surface area contributed by atoms with Gasteiger partial charge in [0.15, 0.2) is 0 Å². The molecule has 0 bridgehead atoms. The van der Waals surface area contributed by atoms with Crippen LogP contribution in [0.25, 0.3) is 0 Å². The summed E-state index contributed by atoms with van der Waals surface area (Å²) in [7, 11) is 3.39. The molecule has 0 saturated carbocycles. The standard InChI is InChI=1S/C22H27N3O3S/c1-5-15(2)19(24-20(26)16-9-7-6-8-10-16)21(27)23-17-11-13-18(14-12-17)29-22(28)25(3)4/h6-15,19H,5H2,1-4H3,(H,23,27)(H,24,26). The topological polar surface area (TPSA) is 78.5 Å². The molecule has 0 aliphatic heterocycles. The summed E-state index contributed by atoms with van der Waals surface area (Å²) in [5, 5.41) is 5.64. The highest BCUT2D eigenvalue weighted by atomic mass is 32.2. The van der Waals surface area contributed by atoms with Gasteiger partial charge in [0.2, 0.25) is 5.91 Å². The minimum atomic E-state index is -0.655. The predicted molar refractivity (Wildman–Crippen MR) is 117 cm³/mol. The van der Waals surface area contributed by atoms with Gasteiger partial charge in [-0.15, -0.1) is 0 Å². The molecule has 0 aliphatic rings. The number of thioether (sulfide) groups is 1. The predicted octanol–water partition coefficient (Wildman–Crippen LogP) is 4.24. The smallest absolute Gasteiger partial charge is 0.285 e. The van der Waals surface area contributed by atoms with E-state index in [2.05, 4.69) is 10.6 Å². The Bertz CT molecular complexity index is 838. The quantitative estimate of drug-likeness (QED) is 0.666. The van der Waals surface area contributed by atoms with E-state index in [0.717, 1.165) is 23.1 Å². The van der Waals surface area contributed by atoms with Crippen molar-refractivity contribution in [2.45, 2.75) is 31.2 Å². The van der Waals surface area contributed by atoms with Crippen molar-refractivity contribution in [3.05, 3.63) is 60.2 Å². The van der Waals surface area contributed by atoms with E-state index in [1.165, 1.54) is 4.90 Å². The van der Waals surface area contributed by atoms with E-state index >= 15 is 0 Å². The van der Waals surface area contributed by atoms with Gasteiger partial charge in [0, 0.05) is 30.2 Å². The van der Waals surface area contributed by atoms with Crippen LogP contribution in [0, 0.1) is 5.92 Å². The van der Waals surface area contributed by atoms with Crippen LogP contribution >= 0.6 is 11.8 Å². The van der Waals surface area contributed by atoms with Crippen LogP contribution in [0.4, 0.5) is 10.5 Å². The second-order valence-corrected chi connectivity index (χ2v) is 8.00. The lowest BCUT2D eigenvalue weighted by molar-refractivity contribution is -0.119. The molecule has 2 N–H and O–H groups in total. The van der Waals surface area contributed by atoms with Gasteiger partial charge in [-0.1, -0.05) is 38.5 Å². The monoisotopic (exact) mass is 413 g/mol. The van der Waals surface area contributed by atoms with Crippen molar-refractivity contribution in [1.29, 1.82) is 0 Å². The minimum absolute atomic E-state index is 0.0322. The Labute approximate surface area is 176 Å². The Kier molecular flexibility index (Phi) is 8.27. The lowest BCUT2D eigenvalue weighted by Crippen LogP contribution is -2.47. The normalized spacial score (nSPS) is 12.6. The molecule has 2 aromatic carbocycles. The molecule has 7 heteroatoms. The highest BCUT2D eigenvalue weighted by Gasteiger charge is 2.26. The summed E-state index contributed by atoms with van der Waals surface area (Å²) in [6.07, 6.45) is 0.745. The van der Waals surface area contributed by atoms with Crippen molar-refractivity contribution in [2.75, 3.05) is 19.4 Å². The number of nitrogens with one attached hydrogen (secondary N) is 2. The number of amides is 3. The van der Waals surface area contributed by atoms with Crippen molar-refractivity contribution in [3.63, 3.8) is 0 Å². The number of hydrogen-bond donors (Lipinski definition) is 2. The molecule has 3 amide bonds. The highest BCUT2D eigenvalue weighted by molar-refractivity contribution is 8.13.